The number of pyridine rings is 2. The summed E-state index contributed by atoms with van der Waals surface area (Å²) in [7, 11) is 0. The van der Waals surface area contributed by atoms with Gasteiger partial charge in [0, 0.05) is 18.0 Å². The summed E-state index contributed by atoms with van der Waals surface area (Å²) in [5.74, 6) is -0.552. The van der Waals surface area contributed by atoms with Crippen LogP contribution in [0.15, 0.2) is 36.9 Å². The van der Waals surface area contributed by atoms with E-state index in [-0.39, 0.29) is 11.4 Å². The van der Waals surface area contributed by atoms with E-state index in [0.717, 1.165) is 12.4 Å². The first-order chi connectivity index (χ1) is 15.0. The van der Waals surface area contributed by atoms with Crippen LogP contribution in [0, 0.1) is 6.92 Å². The van der Waals surface area contributed by atoms with Crippen molar-refractivity contribution in [2.45, 2.75) is 39.2 Å². The molecule has 1 aliphatic heterocycles. The number of aromatic nitrogens is 4. The summed E-state index contributed by atoms with van der Waals surface area (Å²) < 4.78 is 68.0. The number of anilines is 1. The topological polar surface area (TPSA) is 73.1 Å². The number of rotatable bonds is 5. The molecule has 32 heavy (non-hydrogen) atoms. The maximum Gasteiger partial charge on any atom is 0.408 e. The predicted octanol–water partition coefficient (Wildman–Crippen LogP) is 4.53. The highest BCUT2D eigenvalue weighted by atomic mass is 19.4. The fourth-order valence-electron chi connectivity index (χ4n) is 3.66. The minimum Gasteiger partial charge on any atom is -0.433 e. The fraction of sp³-hybridized carbons (Fsp3) is 0.300. The molecule has 0 bridgehead atoms. The van der Waals surface area contributed by atoms with Gasteiger partial charge in [0.25, 0.3) is 5.91 Å². The smallest absolute Gasteiger partial charge is 0.408 e. The van der Waals surface area contributed by atoms with Crippen LogP contribution in [0.25, 0.3) is 11.3 Å². The predicted molar refractivity (Wildman–Crippen MR) is 102 cm³/mol. The summed E-state index contributed by atoms with van der Waals surface area (Å²) in [4.78, 5) is 22.8. The van der Waals surface area contributed by atoms with Gasteiger partial charge in [-0.15, -0.1) is 0 Å². The van der Waals surface area contributed by atoms with Crippen LogP contribution in [0.4, 0.5) is 27.6 Å². The zero-order chi connectivity index (χ0) is 23.2. The van der Waals surface area contributed by atoms with Crippen LogP contribution in [-0.2, 0) is 6.54 Å². The molecule has 1 atom stereocenters. The van der Waals surface area contributed by atoms with E-state index < -0.39 is 31.3 Å². The molecule has 0 aliphatic carbocycles. The molecule has 1 unspecified atom stereocenters. The van der Waals surface area contributed by atoms with Gasteiger partial charge in [0.15, 0.2) is 0 Å². The number of nitrogens with zero attached hydrogens (tertiary/aromatic N) is 5. The summed E-state index contributed by atoms with van der Waals surface area (Å²) >= 11 is 0. The molecule has 0 fully saturated rings. The number of aryl methyl sites for hydroxylation is 1. The van der Waals surface area contributed by atoms with Gasteiger partial charge in [0.1, 0.15) is 12.3 Å². The van der Waals surface area contributed by atoms with Gasteiger partial charge in [-0.3, -0.25) is 19.4 Å². The second kappa shape index (κ2) is 7.84. The summed E-state index contributed by atoms with van der Waals surface area (Å²) in [6.45, 7) is -0.901. The Labute approximate surface area is 178 Å². The molecule has 0 spiro atoms. The molecule has 0 aromatic carbocycles. The second-order valence-electron chi connectivity index (χ2n) is 7.23. The maximum absolute atomic E-state index is 13.1. The first-order valence-electron chi connectivity index (χ1n) is 9.38. The Bertz CT molecular complexity index is 1180. The van der Waals surface area contributed by atoms with Crippen molar-refractivity contribution in [1.82, 2.24) is 19.7 Å². The summed E-state index contributed by atoms with van der Waals surface area (Å²) in [6, 6.07) is 2.38. The van der Waals surface area contributed by atoms with Gasteiger partial charge >= 0.3 is 12.8 Å². The quantitative estimate of drug-likeness (QED) is 0.531. The molecular formula is C20H16F5N5O2. The molecule has 168 valence electrons. The Balaban J connectivity index is 1.68. The lowest BCUT2D eigenvalue weighted by Gasteiger charge is -2.19. The Morgan fingerprint density at radius 3 is 2.62 bits per heavy atom. The second-order valence-corrected chi connectivity index (χ2v) is 7.23. The summed E-state index contributed by atoms with van der Waals surface area (Å²) in [6.07, 6.45) is 0.461. The Kier molecular flexibility index (Phi) is 5.31. The molecule has 3 aromatic rings. The third kappa shape index (κ3) is 4.12. The normalized spacial score (nSPS) is 16.1. The van der Waals surface area contributed by atoms with E-state index in [1.54, 1.807) is 19.9 Å². The van der Waals surface area contributed by atoms with Crippen LogP contribution < -0.4 is 9.64 Å². The minimum absolute atomic E-state index is 0.139. The van der Waals surface area contributed by atoms with E-state index in [1.807, 2.05) is 0 Å². The van der Waals surface area contributed by atoms with Gasteiger partial charge < -0.3 is 4.74 Å². The number of hydrogen-bond donors (Lipinski definition) is 0. The van der Waals surface area contributed by atoms with Gasteiger partial charge in [-0.25, -0.2) is 4.98 Å². The molecule has 0 saturated heterocycles. The van der Waals surface area contributed by atoms with Crippen molar-refractivity contribution < 1.29 is 31.5 Å². The molecule has 0 N–H and O–H groups in total. The number of fused-ring (bicyclic) bond motifs is 1. The maximum atomic E-state index is 13.1. The molecule has 0 radical (unpaired) electrons. The van der Waals surface area contributed by atoms with Crippen molar-refractivity contribution >= 4 is 11.6 Å². The van der Waals surface area contributed by atoms with Crippen molar-refractivity contribution in [3.05, 3.63) is 53.7 Å². The van der Waals surface area contributed by atoms with Crippen molar-refractivity contribution in [3.8, 4) is 17.0 Å². The number of alkyl halides is 5. The Morgan fingerprint density at radius 1 is 1.19 bits per heavy atom. The van der Waals surface area contributed by atoms with Gasteiger partial charge in [-0.2, -0.15) is 27.1 Å². The van der Waals surface area contributed by atoms with Crippen molar-refractivity contribution in [1.29, 1.82) is 0 Å². The number of amides is 1. The highest BCUT2D eigenvalue weighted by molar-refractivity contribution is 6.11. The van der Waals surface area contributed by atoms with E-state index in [2.05, 4.69) is 19.8 Å². The Morgan fingerprint density at radius 2 is 1.94 bits per heavy atom. The number of carbonyl (C=O) groups is 1. The number of ether oxygens (including phenoxy) is 1. The molecule has 1 aliphatic rings. The van der Waals surface area contributed by atoms with Crippen LogP contribution in [0.2, 0.25) is 0 Å². The zero-order valence-corrected chi connectivity index (χ0v) is 16.8. The SMILES string of the molecule is Cc1cc(-c2cncc(OC(F)F)c2)nc2c1C(=O)N(c1cnn(CC(F)(F)F)c1)C2C. The molecule has 7 nitrogen and oxygen atoms in total. The van der Waals surface area contributed by atoms with E-state index in [0.29, 0.717) is 32.8 Å². The number of carbonyl (C=O) groups excluding carboxylic acids is 1. The van der Waals surface area contributed by atoms with Gasteiger partial charge in [0.2, 0.25) is 0 Å². The minimum atomic E-state index is -4.45. The van der Waals surface area contributed by atoms with E-state index in [1.165, 1.54) is 23.4 Å². The lowest BCUT2D eigenvalue weighted by atomic mass is 10.0. The summed E-state index contributed by atoms with van der Waals surface area (Å²) in [5, 5.41) is 3.70. The van der Waals surface area contributed by atoms with Crippen molar-refractivity contribution in [2.75, 3.05) is 4.90 Å². The highest BCUT2D eigenvalue weighted by Gasteiger charge is 2.39. The van der Waals surface area contributed by atoms with Gasteiger partial charge in [-0.1, -0.05) is 0 Å². The average Bonchev–Trinajstić information content (AvgIpc) is 3.22. The third-order valence-electron chi connectivity index (χ3n) is 4.93. The number of halogens is 5. The molecule has 0 saturated carbocycles. The Hall–Kier alpha value is -3.57. The van der Waals surface area contributed by atoms with Crippen molar-refractivity contribution in [2.24, 2.45) is 0 Å². The van der Waals surface area contributed by atoms with Crippen LogP contribution in [0.1, 0.15) is 34.6 Å². The lowest BCUT2D eigenvalue weighted by molar-refractivity contribution is -0.142. The zero-order valence-electron chi connectivity index (χ0n) is 16.8. The first-order valence-corrected chi connectivity index (χ1v) is 9.38. The summed E-state index contributed by atoms with van der Waals surface area (Å²) in [5.41, 5.74) is 2.33. The van der Waals surface area contributed by atoms with Crippen LogP contribution in [-0.4, -0.2) is 38.4 Å². The lowest BCUT2D eigenvalue weighted by Crippen LogP contribution is -2.26. The monoisotopic (exact) mass is 453 g/mol. The number of hydrogen-bond acceptors (Lipinski definition) is 5. The fourth-order valence-corrected chi connectivity index (χ4v) is 3.66. The molecule has 3 aromatic heterocycles. The van der Waals surface area contributed by atoms with Crippen LogP contribution >= 0.6 is 0 Å². The largest absolute Gasteiger partial charge is 0.433 e. The van der Waals surface area contributed by atoms with Crippen molar-refractivity contribution in [3.63, 3.8) is 0 Å². The molecule has 4 heterocycles. The third-order valence-corrected chi connectivity index (χ3v) is 4.93. The molecule has 1 amide bonds. The van der Waals surface area contributed by atoms with Gasteiger partial charge in [0.05, 0.1) is 41.1 Å². The first kappa shape index (κ1) is 21.7. The standard InChI is InChI=1S/C20H16F5N5O2/c1-10-3-15(12-4-14(7-26-5-12)32-19(21)22)28-17-11(2)30(18(31)16(10)17)13-6-27-29(8-13)9-20(23,24)25/h3-8,11,19H,9H2,1-2H3. The van der Waals surface area contributed by atoms with Crippen LogP contribution in [0.5, 0.6) is 5.75 Å². The van der Waals surface area contributed by atoms with Gasteiger partial charge in [-0.05, 0) is 31.5 Å². The highest BCUT2D eigenvalue weighted by Crippen LogP contribution is 2.39. The average molecular weight is 453 g/mol. The van der Waals surface area contributed by atoms with Crippen LogP contribution in [0.3, 0.4) is 0 Å². The molecule has 4 rings (SSSR count). The van der Waals surface area contributed by atoms with E-state index in [9.17, 15) is 26.7 Å². The van der Waals surface area contributed by atoms with E-state index >= 15 is 0 Å². The van der Waals surface area contributed by atoms with E-state index in [4.69, 9.17) is 0 Å². The molecular weight excluding hydrogens is 437 g/mol. The molecule has 12 heteroatoms.